The van der Waals surface area contributed by atoms with Crippen molar-refractivity contribution in [3.05, 3.63) is 22.4 Å². The first-order valence-corrected chi connectivity index (χ1v) is 8.20. The van der Waals surface area contributed by atoms with Gasteiger partial charge < -0.3 is 10.4 Å². The predicted molar refractivity (Wildman–Crippen MR) is 76.8 cm³/mol. The summed E-state index contributed by atoms with van der Waals surface area (Å²) in [5.74, 6) is 2.42. The molecule has 96 valence electrons. The zero-order valence-electron chi connectivity index (χ0n) is 10.5. The van der Waals surface area contributed by atoms with Crippen LogP contribution < -0.4 is 5.32 Å². The van der Waals surface area contributed by atoms with Gasteiger partial charge in [-0.1, -0.05) is 13.8 Å². The Labute approximate surface area is 112 Å². The van der Waals surface area contributed by atoms with Gasteiger partial charge in [0, 0.05) is 18.3 Å². The van der Waals surface area contributed by atoms with E-state index >= 15 is 0 Å². The van der Waals surface area contributed by atoms with E-state index < -0.39 is 0 Å². The Bertz CT molecular complexity index is 337. The third kappa shape index (κ3) is 3.47. The molecule has 0 spiro atoms. The molecule has 1 saturated heterocycles. The third-order valence-electron chi connectivity index (χ3n) is 3.60. The zero-order valence-corrected chi connectivity index (χ0v) is 12.1. The van der Waals surface area contributed by atoms with Crippen LogP contribution in [0.25, 0.3) is 0 Å². The van der Waals surface area contributed by atoms with Crippen LogP contribution in [0.4, 0.5) is 0 Å². The smallest absolute Gasteiger partial charge is 0.0922 e. The highest BCUT2D eigenvalue weighted by atomic mass is 32.2. The number of rotatable bonds is 4. The van der Waals surface area contributed by atoms with Gasteiger partial charge >= 0.3 is 0 Å². The first kappa shape index (κ1) is 13.4. The lowest BCUT2D eigenvalue weighted by molar-refractivity contribution is 0.153. The molecule has 1 aliphatic heterocycles. The molecule has 0 saturated carbocycles. The Morgan fingerprint density at radius 1 is 1.59 bits per heavy atom. The summed E-state index contributed by atoms with van der Waals surface area (Å²) < 4.78 is 0. The number of hydrogen-bond acceptors (Lipinski definition) is 4. The van der Waals surface area contributed by atoms with Crippen molar-refractivity contribution in [1.82, 2.24) is 5.32 Å². The van der Waals surface area contributed by atoms with Crippen molar-refractivity contribution in [3.63, 3.8) is 0 Å². The minimum atomic E-state index is -0.371. The fraction of sp³-hybridized carbons (Fsp3) is 0.692. The van der Waals surface area contributed by atoms with Crippen LogP contribution in [-0.2, 0) is 0 Å². The van der Waals surface area contributed by atoms with E-state index in [1.54, 1.807) is 11.3 Å². The first-order chi connectivity index (χ1) is 8.09. The van der Waals surface area contributed by atoms with Crippen LogP contribution in [-0.4, -0.2) is 29.2 Å². The van der Waals surface area contributed by atoms with Gasteiger partial charge in [0.05, 0.1) is 6.10 Å². The Hall–Kier alpha value is -0.0300. The Kier molecular flexibility index (Phi) is 4.53. The molecule has 0 bridgehead atoms. The van der Waals surface area contributed by atoms with Gasteiger partial charge in [-0.25, -0.2) is 0 Å². The second-order valence-electron chi connectivity index (χ2n) is 5.35. The van der Waals surface area contributed by atoms with E-state index in [4.69, 9.17) is 0 Å². The maximum Gasteiger partial charge on any atom is 0.0922 e. The van der Waals surface area contributed by atoms with Crippen molar-refractivity contribution in [1.29, 1.82) is 0 Å². The summed E-state index contributed by atoms with van der Waals surface area (Å²) in [7, 11) is 0. The number of hydrogen-bond donors (Lipinski definition) is 2. The minimum absolute atomic E-state index is 0.347. The number of aliphatic hydroxyl groups excluding tert-OH is 1. The molecule has 1 aromatic rings. The lowest BCUT2D eigenvalue weighted by atomic mass is 9.82. The normalized spacial score (nSPS) is 25.7. The molecular formula is C13H21NOS2. The molecule has 0 aliphatic carbocycles. The molecule has 0 radical (unpaired) electrons. The largest absolute Gasteiger partial charge is 0.387 e. The highest BCUT2D eigenvalue weighted by Gasteiger charge is 2.32. The summed E-state index contributed by atoms with van der Waals surface area (Å²) in [5.41, 5.74) is 1.38. The molecule has 1 aromatic heterocycles. The number of aliphatic hydroxyl groups is 1. The van der Waals surface area contributed by atoms with Gasteiger partial charge in [-0.3, -0.25) is 0 Å². The van der Waals surface area contributed by atoms with Crippen molar-refractivity contribution in [2.45, 2.75) is 32.4 Å². The second kappa shape index (κ2) is 5.74. The monoisotopic (exact) mass is 271 g/mol. The average Bonchev–Trinajstić information content (AvgIpc) is 2.80. The molecule has 4 heteroatoms. The topological polar surface area (TPSA) is 32.3 Å². The van der Waals surface area contributed by atoms with E-state index in [0.717, 1.165) is 11.3 Å². The maximum absolute atomic E-state index is 10.0. The quantitative estimate of drug-likeness (QED) is 0.883. The summed E-state index contributed by atoms with van der Waals surface area (Å²) in [4.78, 5) is 0. The molecule has 0 aromatic carbocycles. The van der Waals surface area contributed by atoms with Gasteiger partial charge in [0.15, 0.2) is 0 Å². The van der Waals surface area contributed by atoms with E-state index in [1.807, 2.05) is 28.6 Å². The minimum Gasteiger partial charge on any atom is -0.387 e. The maximum atomic E-state index is 10.0. The van der Waals surface area contributed by atoms with Crippen molar-refractivity contribution >= 4 is 23.1 Å². The molecule has 2 N–H and O–H groups in total. The van der Waals surface area contributed by atoms with Crippen molar-refractivity contribution in [3.8, 4) is 0 Å². The molecule has 0 amide bonds. The molecule has 2 heterocycles. The van der Waals surface area contributed by atoms with Crippen LogP contribution in [0.15, 0.2) is 16.8 Å². The summed E-state index contributed by atoms with van der Waals surface area (Å²) in [6.45, 7) is 5.30. The van der Waals surface area contributed by atoms with Gasteiger partial charge in [-0.15, -0.1) is 0 Å². The summed E-state index contributed by atoms with van der Waals surface area (Å²) in [6.07, 6.45) is 0.883. The molecule has 2 rings (SSSR count). The Balaban J connectivity index is 1.85. The van der Waals surface area contributed by atoms with E-state index in [0.29, 0.717) is 18.0 Å². The first-order valence-electron chi connectivity index (χ1n) is 6.11. The summed E-state index contributed by atoms with van der Waals surface area (Å²) in [5, 5.41) is 17.6. The van der Waals surface area contributed by atoms with Crippen molar-refractivity contribution < 1.29 is 5.11 Å². The van der Waals surface area contributed by atoms with Crippen LogP contribution in [0, 0.1) is 5.41 Å². The van der Waals surface area contributed by atoms with Gasteiger partial charge in [0.25, 0.3) is 0 Å². The van der Waals surface area contributed by atoms with E-state index in [2.05, 4.69) is 19.2 Å². The summed E-state index contributed by atoms with van der Waals surface area (Å²) in [6, 6.07) is 2.51. The average molecular weight is 271 g/mol. The zero-order chi connectivity index (χ0) is 12.3. The highest BCUT2D eigenvalue weighted by Crippen LogP contribution is 2.34. The Morgan fingerprint density at radius 2 is 2.41 bits per heavy atom. The van der Waals surface area contributed by atoms with Gasteiger partial charge in [-0.05, 0) is 40.0 Å². The molecule has 1 fully saturated rings. The van der Waals surface area contributed by atoms with Crippen LogP contribution in [0.5, 0.6) is 0 Å². The predicted octanol–water partition coefficient (Wildman–Crippen LogP) is 2.90. The number of thioether (sulfide) groups is 1. The summed E-state index contributed by atoms with van der Waals surface area (Å²) >= 11 is 3.65. The van der Waals surface area contributed by atoms with Gasteiger partial charge in [0.2, 0.25) is 0 Å². The van der Waals surface area contributed by atoms with Crippen molar-refractivity contribution in [2.24, 2.45) is 5.41 Å². The molecule has 2 nitrogen and oxygen atoms in total. The molecule has 1 aliphatic rings. The van der Waals surface area contributed by atoms with E-state index in [9.17, 15) is 5.11 Å². The molecule has 2 atom stereocenters. The Morgan fingerprint density at radius 3 is 3.06 bits per heavy atom. The van der Waals surface area contributed by atoms with E-state index in [-0.39, 0.29) is 6.10 Å². The van der Waals surface area contributed by atoms with Crippen LogP contribution in [0.1, 0.15) is 31.9 Å². The molecule has 2 unspecified atom stereocenters. The third-order valence-corrected chi connectivity index (χ3v) is 5.37. The lowest BCUT2D eigenvalue weighted by Gasteiger charge is -2.39. The fourth-order valence-corrected chi connectivity index (χ4v) is 4.46. The molecular weight excluding hydrogens is 250 g/mol. The number of thiophene rings is 1. The molecule has 17 heavy (non-hydrogen) atoms. The SMILES string of the molecule is CC1(C)CCSCC1NCC(O)c1ccsc1. The van der Waals surface area contributed by atoms with Crippen molar-refractivity contribution in [2.75, 3.05) is 18.1 Å². The van der Waals surface area contributed by atoms with E-state index in [1.165, 1.54) is 12.2 Å². The fourth-order valence-electron chi connectivity index (χ4n) is 2.11. The van der Waals surface area contributed by atoms with Crippen LogP contribution in [0.3, 0.4) is 0 Å². The number of nitrogens with one attached hydrogen (secondary N) is 1. The standard InChI is InChI=1S/C13H21NOS2/c1-13(2)4-6-17-9-12(13)14-7-11(15)10-3-5-16-8-10/h3,5,8,11-12,14-15H,4,6-7,9H2,1-2H3. The second-order valence-corrected chi connectivity index (χ2v) is 7.28. The van der Waals surface area contributed by atoms with Crippen LogP contribution in [0.2, 0.25) is 0 Å². The van der Waals surface area contributed by atoms with Crippen LogP contribution >= 0.6 is 23.1 Å². The van der Waals surface area contributed by atoms with Gasteiger partial charge in [-0.2, -0.15) is 23.1 Å². The highest BCUT2D eigenvalue weighted by molar-refractivity contribution is 7.99. The lowest BCUT2D eigenvalue weighted by Crippen LogP contribution is -2.47. The van der Waals surface area contributed by atoms with Gasteiger partial charge in [0.1, 0.15) is 0 Å².